The number of piperazine rings is 1. The molecule has 3 aliphatic heterocycles. The molecule has 1 aromatic carbocycles. The van der Waals surface area contributed by atoms with Crippen LogP contribution in [0.3, 0.4) is 0 Å². The summed E-state index contributed by atoms with van der Waals surface area (Å²) in [5.74, 6) is 0. The van der Waals surface area contributed by atoms with Gasteiger partial charge >= 0.3 is 12.1 Å². The van der Waals surface area contributed by atoms with Crippen molar-refractivity contribution in [2.24, 2.45) is 0 Å². The van der Waals surface area contributed by atoms with E-state index in [9.17, 15) is 9.59 Å². The largest absolute Gasteiger partial charge is 0.367 e. The molecule has 0 saturated carbocycles. The fraction of sp³-hybridized carbons (Fsp3) is 0.556. The van der Waals surface area contributed by atoms with Crippen molar-refractivity contribution >= 4 is 23.4 Å². The highest BCUT2D eigenvalue weighted by molar-refractivity contribution is 5.94. The van der Waals surface area contributed by atoms with Crippen LogP contribution in [0.25, 0.3) is 0 Å². The molecule has 26 heavy (non-hydrogen) atoms. The molecule has 0 bridgehead atoms. The summed E-state index contributed by atoms with van der Waals surface area (Å²) in [7, 11) is 2.13. The predicted molar refractivity (Wildman–Crippen MR) is 101 cm³/mol. The highest BCUT2D eigenvalue weighted by atomic mass is 16.2. The molecule has 140 valence electrons. The van der Waals surface area contributed by atoms with Crippen LogP contribution < -0.4 is 15.5 Å². The van der Waals surface area contributed by atoms with E-state index in [1.54, 1.807) is 4.90 Å². The van der Waals surface area contributed by atoms with Gasteiger partial charge in [-0.05, 0) is 19.2 Å². The van der Waals surface area contributed by atoms with E-state index >= 15 is 0 Å². The lowest BCUT2D eigenvalue weighted by Gasteiger charge is -2.43. The Morgan fingerprint density at radius 3 is 2.54 bits per heavy atom. The smallest absolute Gasteiger partial charge is 0.322 e. The van der Waals surface area contributed by atoms with Gasteiger partial charge in [0.2, 0.25) is 0 Å². The van der Waals surface area contributed by atoms with E-state index in [1.165, 1.54) is 0 Å². The minimum Gasteiger partial charge on any atom is -0.367 e. The number of benzene rings is 1. The van der Waals surface area contributed by atoms with Crippen molar-refractivity contribution in [2.75, 3.05) is 69.6 Å². The summed E-state index contributed by atoms with van der Waals surface area (Å²) < 4.78 is 0. The van der Waals surface area contributed by atoms with Crippen LogP contribution in [0.4, 0.5) is 21.0 Å². The minimum atomic E-state index is -0.0950. The Labute approximate surface area is 153 Å². The number of likely N-dealkylation sites (N-methyl/N-ethyl adjacent to an activating group) is 1. The molecule has 2 N–H and O–H groups in total. The summed E-state index contributed by atoms with van der Waals surface area (Å²) in [5, 5.41) is 5.86. The third-order valence-corrected chi connectivity index (χ3v) is 5.47. The number of hydrogen-bond donors (Lipinski definition) is 2. The van der Waals surface area contributed by atoms with Crippen LogP contribution in [0.2, 0.25) is 0 Å². The van der Waals surface area contributed by atoms with E-state index < -0.39 is 0 Å². The Balaban J connectivity index is 1.36. The van der Waals surface area contributed by atoms with Crippen LogP contribution in [-0.2, 0) is 0 Å². The molecule has 0 aromatic heterocycles. The zero-order chi connectivity index (χ0) is 18.1. The molecule has 4 rings (SSSR count). The molecule has 1 aromatic rings. The Morgan fingerprint density at radius 2 is 1.85 bits per heavy atom. The first-order valence-electron chi connectivity index (χ1n) is 9.25. The number of hydrogen-bond acceptors (Lipinski definition) is 4. The lowest BCUT2D eigenvalue weighted by Crippen LogP contribution is -2.62. The lowest BCUT2D eigenvalue weighted by molar-refractivity contribution is 0.0922. The van der Waals surface area contributed by atoms with Crippen molar-refractivity contribution in [2.45, 2.75) is 6.04 Å². The second-order valence-electron chi connectivity index (χ2n) is 7.22. The van der Waals surface area contributed by atoms with Gasteiger partial charge in [-0.1, -0.05) is 12.1 Å². The molecule has 0 atom stereocenters. The first kappa shape index (κ1) is 17.0. The second-order valence-corrected chi connectivity index (χ2v) is 7.22. The number of nitrogens with one attached hydrogen (secondary N) is 2. The van der Waals surface area contributed by atoms with Crippen molar-refractivity contribution in [1.82, 2.24) is 20.0 Å². The van der Waals surface area contributed by atoms with Gasteiger partial charge in [0.15, 0.2) is 0 Å². The van der Waals surface area contributed by atoms with Crippen LogP contribution in [-0.4, -0.2) is 92.2 Å². The monoisotopic (exact) mass is 358 g/mol. The van der Waals surface area contributed by atoms with E-state index in [0.717, 1.165) is 44.1 Å². The maximum absolute atomic E-state index is 12.6. The highest BCUT2D eigenvalue weighted by Crippen LogP contribution is 2.27. The summed E-state index contributed by atoms with van der Waals surface area (Å²) in [5.41, 5.74) is 1.93. The van der Waals surface area contributed by atoms with E-state index in [0.29, 0.717) is 19.6 Å². The van der Waals surface area contributed by atoms with Crippen LogP contribution >= 0.6 is 0 Å². The van der Waals surface area contributed by atoms with Crippen molar-refractivity contribution in [3.05, 3.63) is 24.3 Å². The number of carbonyl (C=O) groups excluding carboxylic acids is 2. The van der Waals surface area contributed by atoms with Gasteiger partial charge in [0.25, 0.3) is 0 Å². The van der Waals surface area contributed by atoms with E-state index in [4.69, 9.17) is 0 Å². The number of carbonyl (C=O) groups is 2. The van der Waals surface area contributed by atoms with Crippen molar-refractivity contribution in [3.8, 4) is 0 Å². The van der Waals surface area contributed by atoms with Gasteiger partial charge in [-0.2, -0.15) is 0 Å². The third-order valence-electron chi connectivity index (χ3n) is 5.47. The average molecular weight is 358 g/mol. The van der Waals surface area contributed by atoms with Crippen LogP contribution in [0.1, 0.15) is 0 Å². The predicted octanol–water partition coefficient (Wildman–Crippen LogP) is 0.680. The zero-order valence-corrected chi connectivity index (χ0v) is 15.1. The molecule has 0 spiro atoms. The molecule has 0 radical (unpaired) electrons. The fourth-order valence-electron chi connectivity index (χ4n) is 3.75. The molecule has 8 nitrogen and oxygen atoms in total. The second kappa shape index (κ2) is 7.03. The fourth-order valence-corrected chi connectivity index (χ4v) is 3.75. The Hall–Kier alpha value is -2.48. The van der Waals surface area contributed by atoms with Gasteiger partial charge in [0, 0.05) is 52.4 Å². The number of urea groups is 2. The first-order chi connectivity index (χ1) is 12.6. The Kier molecular flexibility index (Phi) is 4.58. The molecule has 4 amide bonds. The quantitative estimate of drug-likeness (QED) is 0.834. The van der Waals surface area contributed by atoms with Crippen molar-refractivity contribution < 1.29 is 9.59 Å². The molecule has 3 saturated heterocycles. The maximum atomic E-state index is 12.6. The molecule has 8 heteroatoms. The molecule has 3 heterocycles. The number of rotatable bonds is 3. The Morgan fingerprint density at radius 1 is 1.12 bits per heavy atom. The Bertz CT molecular complexity index is 682. The molecule has 3 aliphatic rings. The van der Waals surface area contributed by atoms with E-state index in [-0.39, 0.29) is 18.1 Å². The SMILES string of the molecule is CN1CCN(c2ccccc2NC(=O)N2CC(N3CCNC3=O)C2)CC1. The van der Waals surface area contributed by atoms with E-state index in [1.807, 2.05) is 23.1 Å². The summed E-state index contributed by atoms with van der Waals surface area (Å²) in [6, 6.07) is 8.00. The highest BCUT2D eigenvalue weighted by Gasteiger charge is 2.38. The molecule has 0 unspecified atom stereocenters. The van der Waals surface area contributed by atoms with Gasteiger partial charge in [-0.25, -0.2) is 9.59 Å². The zero-order valence-electron chi connectivity index (χ0n) is 15.1. The molecular formula is C18H26N6O2. The summed E-state index contributed by atoms with van der Waals surface area (Å²) >= 11 is 0. The van der Waals surface area contributed by atoms with Crippen LogP contribution in [0, 0.1) is 0 Å². The number of amides is 4. The van der Waals surface area contributed by atoms with Crippen molar-refractivity contribution in [1.29, 1.82) is 0 Å². The van der Waals surface area contributed by atoms with Crippen LogP contribution in [0.5, 0.6) is 0 Å². The van der Waals surface area contributed by atoms with Crippen molar-refractivity contribution in [3.63, 3.8) is 0 Å². The van der Waals surface area contributed by atoms with Gasteiger partial charge in [-0.3, -0.25) is 0 Å². The third kappa shape index (κ3) is 3.29. The normalized spacial score (nSPS) is 21.6. The van der Waals surface area contributed by atoms with Gasteiger partial charge in [0.05, 0.1) is 17.4 Å². The first-order valence-corrected chi connectivity index (χ1v) is 9.25. The number of para-hydroxylation sites is 2. The lowest BCUT2D eigenvalue weighted by atomic mass is 10.1. The molecular weight excluding hydrogens is 332 g/mol. The molecule has 0 aliphatic carbocycles. The number of nitrogens with zero attached hydrogens (tertiary/aromatic N) is 4. The minimum absolute atomic E-state index is 0.0181. The van der Waals surface area contributed by atoms with Gasteiger partial charge in [-0.15, -0.1) is 0 Å². The van der Waals surface area contributed by atoms with Gasteiger partial charge < -0.3 is 30.2 Å². The average Bonchev–Trinajstić information content (AvgIpc) is 3.01. The topological polar surface area (TPSA) is 71.2 Å². The standard InChI is InChI=1S/C18H26N6O2/c1-21-8-10-22(11-9-21)16-5-3-2-4-15(16)20-18(26)23-12-14(13-23)24-7-6-19-17(24)25/h2-5,14H,6-13H2,1H3,(H,19,25)(H,20,26). The number of anilines is 2. The molecule has 3 fully saturated rings. The summed E-state index contributed by atoms with van der Waals surface area (Å²) in [6.45, 7) is 6.57. The number of likely N-dealkylation sites (tertiary alicyclic amines) is 1. The summed E-state index contributed by atoms with van der Waals surface area (Å²) in [6.07, 6.45) is 0. The maximum Gasteiger partial charge on any atom is 0.322 e. The van der Waals surface area contributed by atoms with Crippen LogP contribution in [0.15, 0.2) is 24.3 Å². The van der Waals surface area contributed by atoms with E-state index in [2.05, 4.69) is 33.5 Å². The van der Waals surface area contributed by atoms with Gasteiger partial charge in [0.1, 0.15) is 0 Å². The summed E-state index contributed by atoms with van der Waals surface area (Å²) in [4.78, 5) is 32.5.